The molecule has 1 saturated carbocycles. The Balaban J connectivity index is 0.00000220. The van der Waals surface area contributed by atoms with E-state index in [4.69, 9.17) is 0 Å². The van der Waals surface area contributed by atoms with Crippen LogP contribution in [-0.2, 0) is 4.79 Å². The summed E-state index contributed by atoms with van der Waals surface area (Å²) in [6, 6.07) is 4.54. The number of benzene rings is 1. The van der Waals surface area contributed by atoms with E-state index < -0.39 is 5.97 Å². The van der Waals surface area contributed by atoms with E-state index in [1.807, 2.05) is 0 Å². The standard InChI is InChI=1S/C15H19NO4.Na/c17-13-6-3-11(7-14(13)18)9-16-8-10-1-4-12(5-2-10)15(19)20;/h3,6-7,9-10,12,17-18H,1-2,4-5,8H2,(H,19,20);/q;+1/p-1. The first-order valence-electron chi connectivity index (χ1n) is 6.79. The predicted molar refractivity (Wildman–Crippen MR) is 72.7 cm³/mol. The van der Waals surface area contributed by atoms with E-state index in [0.29, 0.717) is 25.3 Å². The molecule has 0 saturated heterocycles. The zero-order chi connectivity index (χ0) is 14.5. The number of phenolic OH excluding ortho intramolecular Hbond substituents is 2. The van der Waals surface area contributed by atoms with Crippen molar-refractivity contribution in [2.75, 3.05) is 6.54 Å². The van der Waals surface area contributed by atoms with Gasteiger partial charge in [-0.1, -0.05) is 0 Å². The van der Waals surface area contributed by atoms with Crippen molar-refractivity contribution in [3.05, 3.63) is 23.8 Å². The van der Waals surface area contributed by atoms with Crippen molar-refractivity contribution in [3.8, 4) is 11.5 Å². The van der Waals surface area contributed by atoms with Gasteiger partial charge in [0.25, 0.3) is 0 Å². The molecule has 0 aromatic heterocycles. The van der Waals surface area contributed by atoms with Gasteiger partial charge in [0.05, 0.1) is 0 Å². The van der Waals surface area contributed by atoms with Crippen molar-refractivity contribution < 1.29 is 49.7 Å². The van der Waals surface area contributed by atoms with E-state index in [0.717, 1.165) is 18.4 Å². The third-order valence-corrected chi connectivity index (χ3v) is 3.78. The van der Waals surface area contributed by atoms with E-state index in [2.05, 4.69) is 4.99 Å². The number of hydrogen-bond acceptors (Lipinski definition) is 5. The normalized spacial score (nSPS) is 21.9. The van der Waals surface area contributed by atoms with Crippen LogP contribution in [0.5, 0.6) is 11.5 Å². The van der Waals surface area contributed by atoms with Gasteiger partial charge in [-0.2, -0.15) is 0 Å². The van der Waals surface area contributed by atoms with Crippen LogP contribution in [0.4, 0.5) is 0 Å². The number of carbonyl (C=O) groups is 1. The third-order valence-electron chi connectivity index (χ3n) is 3.78. The molecule has 0 radical (unpaired) electrons. The van der Waals surface area contributed by atoms with Gasteiger partial charge in [-0.05, 0) is 61.3 Å². The maximum absolute atomic E-state index is 10.7. The maximum atomic E-state index is 10.7. The molecule has 2 N–H and O–H groups in total. The molecule has 0 aliphatic heterocycles. The van der Waals surface area contributed by atoms with Crippen LogP contribution in [0, 0.1) is 11.8 Å². The first kappa shape index (κ1) is 18.0. The molecule has 0 heterocycles. The predicted octanol–water partition coefficient (Wildman–Crippen LogP) is -1.92. The number of carbonyl (C=O) groups excluding carboxylic acids is 1. The summed E-state index contributed by atoms with van der Waals surface area (Å²) in [7, 11) is 0. The molecule has 2 rings (SSSR count). The minimum absolute atomic E-state index is 0. The van der Waals surface area contributed by atoms with Gasteiger partial charge in [-0.3, -0.25) is 4.99 Å². The van der Waals surface area contributed by atoms with Crippen LogP contribution < -0.4 is 34.7 Å². The van der Waals surface area contributed by atoms with Crippen molar-refractivity contribution >= 4 is 12.2 Å². The number of rotatable bonds is 4. The molecule has 1 aromatic carbocycles. The molecule has 0 spiro atoms. The number of aliphatic imine (C=N–C) groups is 1. The summed E-state index contributed by atoms with van der Waals surface area (Å²) in [5.74, 6) is -1.14. The van der Waals surface area contributed by atoms with Crippen LogP contribution in [0.1, 0.15) is 31.2 Å². The van der Waals surface area contributed by atoms with Gasteiger partial charge in [0.2, 0.25) is 0 Å². The minimum atomic E-state index is -0.938. The van der Waals surface area contributed by atoms with Gasteiger partial charge in [0, 0.05) is 18.7 Å². The fourth-order valence-corrected chi connectivity index (χ4v) is 2.51. The summed E-state index contributed by atoms with van der Waals surface area (Å²) in [4.78, 5) is 15.1. The largest absolute Gasteiger partial charge is 1.00 e. The van der Waals surface area contributed by atoms with Crippen molar-refractivity contribution in [3.63, 3.8) is 0 Å². The Morgan fingerprint density at radius 1 is 1.24 bits per heavy atom. The zero-order valence-electron chi connectivity index (χ0n) is 12.2. The number of nitrogens with zero attached hydrogens (tertiary/aromatic N) is 1. The SMILES string of the molecule is O=C([O-])C1CCC(CN=Cc2ccc(O)c(O)c2)CC1.[Na+]. The molecule has 108 valence electrons. The molecule has 0 bridgehead atoms. The summed E-state index contributed by atoms with van der Waals surface area (Å²) < 4.78 is 0. The van der Waals surface area contributed by atoms with Gasteiger partial charge < -0.3 is 20.1 Å². The smallest absolute Gasteiger partial charge is 0.550 e. The average Bonchev–Trinajstić information content (AvgIpc) is 2.43. The number of hydrogen-bond donors (Lipinski definition) is 2. The molecule has 1 aliphatic carbocycles. The van der Waals surface area contributed by atoms with Crippen LogP contribution >= 0.6 is 0 Å². The second-order valence-electron chi connectivity index (χ2n) is 5.28. The quantitative estimate of drug-likeness (QED) is 0.385. The molecular formula is C15H18NNaO4. The third kappa shape index (κ3) is 5.34. The molecule has 0 atom stereocenters. The first-order chi connectivity index (χ1) is 9.56. The Morgan fingerprint density at radius 2 is 1.90 bits per heavy atom. The molecule has 1 aromatic rings. The second-order valence-corrected chi connectivity index (χ2v) is 5.28. The molecule has 0 unspecified atom stereocenters. The summed E-state index contributed by atoms with van der Waals surface area (Å²) in [6.45, 7) is 0.654. The minimum Gasteiger partial charge on any atom is -0.550 e. The van der Waals surface area contributed by atoms with Crippen molar-refractivity contribution in [1.82, 2.24) is 0 Å². The number of carboxylic acids is 1. The Morgan fingerprint density at radius 3 is 2.48 bits per heavy atom. The molecule has 1 fully saturated rings. The van der Waals surface area contributed by atoms with Gasteiger partial charge in [-0.25, -0.2) is 0 Å². The topological polar surface area (TPSA) is 93.0 Å². The first-order valence-corrected chi connectivity index (χ1v) is 6.79. The fourth-order valence-electron chi connectivity index (χ4n) is 2.51. The van der Waals surface area contributed by atoms with E-state index in [-0.39, 0.29) is 47.0 Å². The molecule has 1 aliphatic rings. The fraction of sp³-hybridized carbons (Fsp3) is 0.467. The summed E-state index contributed by atoms with van der Waals surface area (Å²) >= 11 is 0. The van der Waals surface area contributed by atoms with Gasteiger partial charge in [0.15, 0.2) is 11.5 Å². The average molecular weight is 299 g/mol. The van der Waals surface area contributed by atoms with E-state index in [9.17, 15) is 20.1 Å². The van der Waals surface area contributed by atoms with Gasteiger partial charge in [0.1, 0.15) is 0 Å². The maximum Gasteiger partial charge on any atom is 1.00 e. The second kappa shape index (κ2) is 8.41. The number of phenols is 2. The van der Waals surface area contributed by atoms with Gasteiger partial charge >= 0.3 is 29.6 Å². The molecule has 0 amide bonds. The molecular weight excluding hydrogens is 281 g/mol. The number of carboxylic acid groups (broad SMARTS) is 1. The monoisotopic (exact) mass is 299 g/mol. The molecule has 21 heavy (non-hydrogen) atoms. The molecule has 5 nitrogen and oxygen atoms in total. The number of aromatic hydroxyl groups is 2. The van der Waals surface area contributed by atoms with Crippen molar-refractivity contribution in [2.45, 2.75) is 25.7 Å². The molecule has 6 heteroatoms. The summed E-state index contributed by atoms with van der Waals surface area (Å²) in [5.41, 5.74) is 0.726. The van der Waals surface area contributed by atoms with Crippen LogP contribution in [-0.4, -0.2) is 28.9 Å². The van der Waals surface area contributed by atoms with E-state index in [1.165, 1.54) is 12.1 Å². The van der Waals surface area contributed by atoms with Crippen molar-refractivity contribution in [2.24, 2.45) is 16.8 Å². The van der Waals surface area contributed by atoms with Crippen LogP contribution in [0.3, 0.4) is 0 Å². The van der Waals surface area contributed by atoms with Crippen molar-refractivity contribution in [1.29, 1.82) is 0 Å². The van der Waals surface area contributed by atoms with Crippen LogP contribution in [0.25, 0.3) is 0 Å². The zero-order valence-corrected chi connectivity index (χ0v) is 14.2. The number of aliphatic carboxylic acids is 1. The Kier molecular flexibility index (Phi) is 7.22. The van der Waals surface area contributed by atoms with E-state index >= 15 is 0 Å². The Hall–Kier alpha value is -1.04. The Bertz CT molecular complexity index is 510. The van der Waals surface area contributed by atoms with Crippen LogP contribution in [0.2, 0.25) is 0 Å². The van der Waals surface area contributed by atoms with Crippen LogP contribution in [0.15, 0.2) is 23.2 Å². The summed E-state index contributed by atoms with van der Waals surface area (Å²) in [5, 5.41) is 29.3. The van der Waals surface area contributed by atoms with Gasteiger partial charge in [-0.15, -0.1) is 0 Å². The van der Waals surface area contributed by atoms with E-state index in [1.54, 1.807) is 12.3 Å². The Labute approximate surface area is 146 Å². The summed E-state index contributed by atoms with van der Waals surface area (Å²) in [6.07, 6.45) is 4.71.